The summed E-state index contributed by atoms with van der Waals surface area (Å²) in [5, 5.41) is 0. The van der Waals surface area contributed by atoms with Crippen LogP contribution in [0.5, 0.6) is 0 Å². The minimum absolute atomic E-state index is 0.0230. The lowest BCUT2D eigenvalue weighted by Gasteiger charge is -2.40. The molecule has 1 atom stereocenters. The second-order valence-corrected chi connectivity index (χ2v) is 10.4. The van der Waals surface area contributed by atoms with Gasteiger partial charge in [0.25, 0.3) is 0 Å². The maximum atomic E-state index is 14.0. The Morgan fingerprint density at radius 3 is 2.53 bits per heavy atom. The summed E-state index contributed by atoms with van der Waals surface area (Å²) in [6, 6.07) is 12.5. The summed E-state index contributed by atoms with van der Waals surface area (Å²) in [6.45, 7) is 11.2. The number of hydrogen-bond acceptors (Lipinski definition) is 5. The normalized spacial score (nSPS) is 22.7. The highest BCUT2D eigenvalue weighted by molar-refractivity contribution is 7.99. The molecule has 0 unspecified atom stereocenters. The predicted molar refractivity (Wildman–Crippen MR) is 126 cm³/mol. The number of halogens is 1. The highest BCUT2D eigenvalue weighted by atomic mass is 32.2. The molecule has 32 heavy (non-hydrogen) atoms. The molecule has 3 aliphatic heterocycles. The minimum Gasteiger partial charge on any atom is -0.350 e. The number of nitrogens with zero attached hydrogens (tertiary/aromatic N) is 2. The minimum atomic E-state index is -0.154. The van der Waals surface area contributed by atoms with Gasteiger partial charge in [-0.05, 0) is 47.2 Å². The molecular formula is C26H33FN2O2S. The fourth-order valence-electron chi connectivity index (χ4n) is 4.99. The van der Waals surface area contributed by atoms with Crippen LogP contribution in [0.2, 0.25) is 0 Å². The summed E-state index contributed by atoms with van der Waals surface area (Å²) in [6.07, 6.45) is 1.85. The van der Waals surface area contributed by atoms with E-state index >= 15 is 0 Å². The van der Waals surface area contributed by atoms with Gasteiger partial charge in [-0.2, -0.15) is 0 Å². The fraction of sp³-hybridized carbons (Fsp3) is 0.538. The first kappa shape index (κ1) is 22.4. The van der Waals surface area contributed by atoms with E-state index in [1.54, 1.807) is 23.9 Å². The van der Waals surface area contributed by atoms with Gasteiger partial charge >= 0.3 is 0 Å². The van der Waals surface area contributed by atoms with Crippen molar-refractivity contribution < 1.29 is 13.9 Å². The Kier molecular flexibility index (Phi) is 6.86. The number of rotatable bonds is 5. The Labute approximate surface area is 195 Å². The number of benzene rings is 2. The average molecular weight is 457 g/mol. The van der Waals surface area contributed by atoms with E-state index in [0.717, 1.165) is 63.7 Å². The molecule has 0 aliphatic carbocycles. The first-order valence-electron chi connectivity index (χ1n) is 11.9. The van der Waals surface area contributed by atoms with Crippen LogP contribution in [-0.2, 0) is 15.9 Å². The third kappa shape index (κ3) is 4.90. The first-order chi connectivity index (χ1) is 15.6. The van der Waals surface area contributed by atoms with E-state index in [4.69, 9.17) is 9.47 Å². The third-order valence-electron chi connectivity index (χ3n) is 6.94. The van der Waals surface area contributed by atoms with Gasteiger partial charge in [-0.1, -0.05) is 43.8 Å². The largest absolute Gasteiger partial charge is 0.350 e. The Balaban J connectivity index is 1.35. The molecule has 3 aliphatic rings. The molecule has 5 rings (SSSR count). The summed E-state index contributed by atoms with van der Waals surface area (Å²) in [5.41, 5.74) is 4.03. The lowest BCUT2D eigenvalue weighted by atomic mass is 9.93. The van der Waals surface area contributed by atoms with Gasteiger partial charge in [0.2, 0.25) is 0 Å². The van der Waals surface area contributed by atoms with Crippen molar-refractivity contribution in [2.45, 2.75) is 54.7 Å². The molecule has 2 fully saturated rings. The molecule has 6 heteroatoms. The maximum Gasteiger partial charge on any atom is 0.159 e. The maximum absolute atomic E-state index is 14.0. The van der Waals surface area contributed by atoms with Crippen LogP contribution in [-0.4, -0.2) is 62.0 Å². The average Bonchev–Trinajstić information content (AvgIpc) is 3.26. The fourth-order valence-corrected chi connectivity index (χ4v) is 6.13. The summed E-state index contributed by atoms with van der Waals surface area (Å²) in [5.74, 6) is 0.338. The SMILES string of the molecule is CC(C)c1ccc2c(c1)[C@H](N1CCN(CCC3OCCO3)CC1)Cc1ccc(F)cc1S2. The van der Waals surface area contributed by atoms with Crippen molar-refractivity contribution in [2.24, 2.45) is 0 Å². The van der Waals surface area contributed by atoms with Gasteiger partial charge < -0.3 is 14.4 Å². The lowest BCUT2D eigenvalue weighted by molar-refractivity contribution is -0.0538. The van der Waals surface area contributed by atoms with E-state index in [0.29, 0.717) is 12.0 Å². The zero-order valence-electron chi connectivity index (χ0n) is 19.1. The van der Waals surface area contributed by atoms with Gasteiger partial charge in [0.1, 0.15) is 5.82 Å². The second kappa shape index (κ2) is 9.82. The van der Waals surface area contributed by atoms with Crippen LogP contribution in [0.25, 0.3) is 0 Å². The first-order valence-corrected chi connectivity index (χ1v) is 12.7. The summed E-state index contributed by atoms with van der Waals surface area (Å²) < 4.78 is 25.2. The molecule has 2 saturated heterocycles. The topological polar surface area (TPSA) is 24.9 Å². The quantitative estimate of drug-likeness (QED) is 0.625. The van der Waals surface area contributed by atoms with Crippen molar-refractivity contribution in [1.29, 1.82) is 0 Å². The Bertz CT molecular complexity index is 939. The molecule has 0 saturated carbocycles. The molecule has 0 amide bonds. The van der Waals surface area contributed by atoms with Gasteiger partial charge in [-0.3, -0.25) is 4.90 Å². The summed E-state index contributed by atoms with van der Waals surface area (Å²) >= 11 is 1.72. The summed E-state index contributed by atoms with van der Waals surface area (Å²) in [4.78, 5) is 7.49. The summed E-state index contributed by atoms with van der Waals surface area (Å²) in [7, 11) is 0. The smallest absolute Gasteiger partial charge is 0.159 e. The van der Waals surface area contributed by atoms with E-state index < -0.39 is 0 Å². The molecule has 0 aromatic heterocycles. The molecule has 0 bridgehead atoms. The van der Waals surface area contributed by atoms with Crippen LogP contribution < -0.4 is 0 Å². The van der Waals surface area contributed by atoms with Crippen LogP contribution in [0.1, 0.15) is 48.9 Å². The standard InChI is InChI=1S/C26H33FN2O2S/c1-18(2)19-4-6-24-22(15-19)23(16-20-3-5-21(27)17-25(20)32-24)29-11-9-28(10-12-29)8-7-26-30-13-14-31-26/h3-6,15,17-18,23,26H,7-14,16H2,1-2H3/t23-/m1/s1. The third-order valence-corrected chi connectivity index (χ3v) is 8.13. The van der Waals surface area contributed by atoms with Gasteiger partial charge in [-0.15, -0.1) is 0 Å². The van der Waals surface area contributed by atoms with Crippen LogP contribution in [0.3, 0.4) is 0 Å². The molecule has 0 N–H and O–H groups in total. The Hall–Kier alpha value is -1.44. The van der Waals surface area contributed by atoms with E-state index in [1.165, 1.54) is 21.6 Å². The van der Waals surface area contributed by atoms with E-state index in [1.807, 2.05) is 6.07 Å². The van der Waals surface area contributed by atoms with Crippen molar-refractivity contribution in [3.05, 3.63) is 58.9 Å². The van der Waals surface area contributed by atoms with Crippen molar-refractivity contribution in [1.82, 2.24) is 9.80 Å². The van der Waals surface area contributed by atoms with Crippen LogP contribution in [0, 0.1) is 5.82 Å². The number of fused-ring (bicyclic) bond motifs is 2. The molecular weight excluding hydrogens is 423 g/mol. The molecule has 0 radical (unpaired) electrons. The monoisotopic (exact) mass is 456 g/mol. The van der Waals surface area contributed by atoms with Gasteiger partial charge in [0, 0.05) is 55.0 Å². The Morgan fingerprint density at radius 1 is 1.00 bits per heavy atom. The van der Waals surface area contributed by atoms with Crippen LogP contribution >= 0.6 is 11.8 Å². The van der Waals surface area contributed by atoms with Crippen LogP contribution in [0.4, 0.5) is 4.39 Å². The number of piperazine rings is 1. The highest BCUT2D eigenvalue weighted by Crippen LogP contribution is 2.44. The number of hydrogen-bond donors (Lipinski definition) is 0. The van der Waals surface area contributed by atoms with Crippen molar-refractivity contribution in [3.63, 3.8) is 0 Å². The van der Waals surface area contributed by atoms with Crippen LogP contribution in [0.15, 0.2) is 46.2 Å². The molecule has 172 valence electrons. The van der Waals surface area contributed by atoms with Crippen molar-refractivity contribution in [3.8, 4) is 0 Å². The van der Waals surface area contributed by atoms with Crippen molar-refractivity contribution in [2.75, 3.05) is 45.9 Å². The van der Waals surface area contributed by atoms with Gasteiger partial charge in [0.05, 0.1) is 13.2 Å². The molecule has 4 nitrogen and oxygen atoms in total. The Morgan fingerprint density at radius 2 is 1.78 bits per heavy atom. The lowest BCUT2D eigenvalue weighted by Crippen LogP contribution is -2.48. The van der Waals surface area contributed by atoms with E-state index in [-0.39, 0.29) is 12.1 Å². The molecule has 2 aromatic rings. The number of ether oxygens (including phenoxy) is 2. The second-order valence-electron chi connectivity index (χ2n) is 9.36. The molecule has 3 heterocycles. The predicted octanol–water partition coefficient (Wildman–Crippen LogP) is 5.08. The van der Waals surface area contributed by atoms with Gasteiger partial charge in [0.15, 0.2) is 6.29 Å². The zero-order chi connectivity index (χ0) is 22.1. The van der Waals surface area contributed by atoms with E-state index in [9.17, 15) is 4.39 Å². The van der Waals surface area contributed by atoms with Crippen molar-refractivity contribution >= 4 is 11.8 Å². The van der Waals surface area contributed by atoms with Gasteiger partial charge in [-0.25, -0.2) is 4.39 Å². The molecule has 0 spiro atoms. The highest BCUT2D eigenvalue weighted by Gasteiger charge is 2.31. The zero-order valence-corrected chi connectivity index (χ0v) is 19.9. The molecule has 2 aromatic carbocycles. The van der Waals surface area contributed by atoms with E-state index in [2.05, 4.69) is 41.8 Å².